The van der Waals surface area contributed by atoms with Crippen LogP contribution in [0.2, 0.25) is 0 Å². The van der Waals surface area contributed by atoms with Crippen molar-refractivity contribution in [3.8, 4) is 0 Å². The Morgan fingerprint density at radius 3 is 2.27 bits per heavy atom. The highest BCUT2D eigenvalue weighted by Crippen LogP contribution is 2.22. The zero-order valence-corrected chi connectivity index (χ0v) is 7.64. The van der Waals surface area contributed by atoms with Crippen LogP contribution in [0.15, 0.2) is 4.99 Å². The summed E-state index contributed by atoms with van der Waals surface area (Å²) < 4.78 is 5.54. The van der Waals surface area contributed by atoms with Gasteiger partial charge in [0, 0.05) is 0 Å². The van der Waals surface area contributed by atoms with Crippen LogP contribution in [0.1, 0.15) is 27.7 Å². The summed E-state index contributed by atoms with van der Waals surface area (Å²) in [6, 6.07) is 0. The van der Waals surface area contributed by atoms with E-state index < -0.39 is 0 Å². The number of nitrogens with zero attached hydrogens (tertiary/aromatic N) is 1. The maximum Gasteiger partial charge on any atom is 0.126 e. The Morgan fingerprint density at radius 1 is 1.36 bits per heavy atom. The number of rotatable bonds is 0. The normalized spacial score (nSPS) is 27.8. The van der Waals surface area contributed by atoms with E-state index in [1.807, 2.05) is 27.7 Å². The standard InChI is InChI=1S/C8H16N2O/c1-7(2)5-11-8(3,4)6(9)10-7/h5H2,1-4H3,(H2,9,10). The van der Waals surface area contributed by atoms with Crippen molar-refractivity contribution in [2.45, 2.75) is 38.8 Å². The number of hydrogen-bond acceptors (Lipinski definition) is 3. The van der Waals surface area contributed by atoms with Crippen molar-refractivity contribution in [3.63, 3.8) is 0 Å². The van der Waals surface area contributed by atoms with E-state index >= 15 is 0 Å². The first-order valence-electron chi connectivity index (χ1n) is 3.83. The third-order valence-electron chi connectivity index (χ3n) is 1.83. The van der Waals surface area contributed by atoms with Crippen molar-refractivity contribution in [2.24, 2.45) is 10.7 Å². The summed E-state index contributed by atoms with van der Waals surface area (Å²) in [5.41, 5.74) is 5.18. The molecule has 0 radical (unpaired) electrons. The first-order valence-corrected chi connectivity index (χ1v) is 3.83. The summed E-state index contributed by atoms with van der Waals surface area (Å²) in [4.78, 5) is 4.34. The van der Waals surface area contributed by atoms with Crippen LogP contribution in [0, 0.1) is 0 Å². The molecule has 0 aromatic rings. The molecule has 0 aliphatic carbocycles. The topological polar surface area (TPSA) is 47.6 Å². The molecule has 3 nitrogen and oxygen atoms in total. The van der Waals surface area contributed by atoms with E-state index in [9.17, 15) is 0 Å². The SMILES string of the molecule is CC1(C)COC(C)(C)C(N)=N1. The fraction of sp³-hybridized carbons (Fsp3) is 0.875. The van der Waals surface area contributed by atoms with Gasteiger partial charge in [0.25, 0.3) is 0 Å². The number of ether oxygens (including phenoxy) is 1. The minimum Gasteiger partial charge on any atom is -0.385 e. The van der Waals surface area contributed by atoms with Crippen LogP contribution in [0.3, 0.4) is 0 Å². The van der Waals surface area contributed by atoms with Crippen LogP contribution < -0.4 is 5.73 Å². The number of hydrogen-bond donors (Lipinski definition) is 1. The van der Waals surface area contributed by atoms with Crippen molar-refractivity contribution >= 4 is 5.84 Å². The van der Waals surface area contributed by atoms with Gasteiger partial charge in [0.15, 0.2) is 0 Å². The van der Waals surface area contributed by atoms with Gasteiger partial charge in [-0.3, -0.25) is 4.99 Å². The van der Waals surface area contributed by atoms with Crippen LogP contribution in [0.4, 0.5) is 0 Å². The monoisotopic (exact) mass is 156 g/mol. The van der Waals surface area contributed by atoms with Gasteiger partial charge in [0.2, 0.25) is 0 Å². The third-order valence-corrected chi connectivity index (χ3v) is 1.83. The van der Waals surface area contributed by atoms with Gasteiger partial charge in [-0.15, -0.1) is 0 Å². The molecule has 0 amide bonds. The summed E-state index contributed by atoms with van der Waals surface area (Å²) >= 11 is 0. The molecule has 1 aliphatic heterocycles. The smallest absolute Gasteiger partial charge is 0.126 e. The molecule has 0 aromatic carbocycles. The molecule has 0 saturated carbocycles. The highest BCUT2D eigenvalue weighted by atomic mass is 16.5. The van der Waals surface area contributed by atoms with Gasteiger partial charge in [0.1, 0.15) is 11.4 Å². The second kappa shape index (κ2) is 2.21. The van der Waals surface area contributed by atoms with Gasteiger partial charge in [-0.25, -0.2) is 0 Å². The van der Waals surface area contributed by atoms with Crippen molar-refractivity contribution < 1.29 is 4.74 Å². The molecule has 3 heteroatoms. The third kappa shape index (κ3) is 1.71. The highest BCUT2D eigenvalue weighted by molar-refractivity contribution is 5.89. The summed E-state index contributed by atoms with van der Waals surface area (Å²) in [5, 5.41) is 0. The Morgan fingerprint density at radius 2 is 1.91 bits per heavy atom. The fourth-order valence-corrected chi connectivity index (χ4v) is 0.924. The van der Waals surface area contributed by atoms with E-state index in [2.05, 4.69) is 4.99 Å². The molecule has 11 heavy (non-hydrogen) atoms. The van der Waals surface area contributed by atoms with E-state index in [1.54, 1.807) is 0 Å². The average molecular weight is 156 g/mol. The maximum atomic E-state index is 5.71. The molecule has 0 unspecified atom stereocenters. The Kier molecular flexibility index (Phi) is 1.71. The summed E-state index contributed by atoms with van der Waals surface area (Å²) in [7, 11) is 0. The van der Waals surface area contributed by atoms with E-state index in [4.69, 9.17) is 10.5 Å². The molecule has 0 fully saturated rings. The first-order chi connectivity index (χ1) is 4.83. The largest absolute Gasteiger partial charge is 0.385 e. The van der Waals surface area contributed by atoms with E-state index in [0.717, 1.165) is 0 Å². The van der Waals surface area contributed by atoms with Crippen LogP contribution in [-0.2, 0) is 4.74 Å². The molecule has 1 aliphatic rings. The Labute approximate surface area is 67.6 Å². The molecular weight excluding hydrogens is 140 g/mol. The lowest BCUT2D eigenvalue weighted by Crippen LogP contribution is -2.50. The average Bonchev–Trinajstić information content (AvgIpc) is 1.81. The fourth-order valence-electron chi connectivity index (χ4n) is 0.924. The van der Waals surface area contributed by atoms with Crippen molar-refractivity contribution in [2.75, 3.05) is 6.61 Å². The molecular formula is C8H16N2O. The van der Waals surface area contributed by atoms with E-state index in [1.165, 1.54) is 0 Å². The molecule has 0 aromatic heterocycles. The second-order valence-electron chi connectivity index (χ2n) is 4.11. The predicted octanol–water partition coefficient (Wildman–Crippen LogP) is 0.931. The maximum absolute atomic E-state index is 5.71. The molecule has 1 rings (SSSR count). The van der Waals surface area contributed by atoms with Crippen LogP contribution in [-0.4, -0.2) is 23.6 Å². The van der Waals surface area contributed by atoms with Gasteiger partial charge < -0.3 is 10.5 Å². The van der Waals surface area contributed by atoms with Crippen molar-refractivity contribution in [1.82, 2.24) is 0 Å². The van der Waals surface area contributed by atoms with Gasteiger partial charge in [0.05, 0.1) is 12.1 Å². The highest BCUT2D eigenvalue weighted by Gasteiger charge is 2.33. The Hall–Kier alpha value is -0.570. The molecule has 0 saturated heterocycles. The lowest BCUT2D eigenvalue weighted by Gasteiger charge is -2.35. The van der Waals surface area contributed by atoms with Crippen LogP contribution in [0.25, 0.3) is 0 Å². The summed E-state index contributed by atoms with van der Waals surface area (Å²) in [5.74, 6) is 0.591. The molecule has 0 spiro atoms. The van der Waals surface area contributed by atoms with Crippen LogP contribution >= 0.6 is 0 Å². The zero-order chi connectivity index (χ0) is 8.70. The lowest BCUT2D eigenvalue weighted by molar-refractivity contribution is -0.00331. The van der Waals surface area contributed by atoms with Gasteiger partial charge >= 0.3 is 0 Å². The second-order valence-corrected chi connectivity index (χ2v) is 4.11. The van der Waals surface area contributed by atoms with Crippen LogP contribution in [0.5, 0.6) is 0 Å². The quantitative estimate of drug-likeness (QED) is 0.567. The number of nitrogens with two attached hydrogens (primary N) is 1. The molecule has 64 valence electrons. The Balaban J connectivity index is 2.89. The van der Waals surface area contributed by atoms with E-state index in [0.29, 0.717) is 12.4 Å². The molecule has 1 heterocycles. The van der Waals surface area contributed by atoms with Gasteiger partial charge in [-0.1, -0.05) is 0 Å². The van der Waals surface area contributed by atoms with E-state index in [-0.39, 0.29) is 11.1 Å². The van der Waals surface area contributed by atoms with Crippen molar-refractivity contribution in [1.29, 1.82) is 0 Å². The molecule has 0 bridgehead atoms. The zero-order valence-electron chi connectivity index (χ0n) is 7.64. The van der Waals surface area contributed by atoms with Gasteiger partial charge in [-0.05, 0) is 27.7 Å². The lowest BCUT2D eigenvalue weighted by atomic mass is 10.0. The van der Waals surface area contributed by atoms with Crippen molar-refractivity contribution in [3.05, 3.63) is 0 Å². The first kappa shape index (κ1) is 8.53. The molecule has 0 atom stereocenters. The Bertz CT molecular complexity index is 194. The summed E-state index contributed by atoms with van der Waals surface area (Å²) in [6.45, 7) is 8.52. The number of amidine groups is 1. The summed E-state index contributed by atoms with van der Waals surface area (Å²) in [6.07, 6.45) is 0. The predicted molar refractivity (Wildman–Crippen MR) is 45.7 cm³/mol. The van der Waals surface area contributed by atoms with Gasteiger partial charge in [-0.2, -0.15) is 0 Å². The minimum absolute atomic E-state index is 0.153. The number of aliphatic imine (C=N–C) groups is 1. The minimum atomic E-state index is -0.379. The molecule has 2 N–H and O–H groups in total.